The third-order valence-corrected chi connectivity index (χ3v) is 2.05. The summed E-state index contributed by atoms with van der Waals surface area (Å²) in [6.07, 6.45) is 17.5. The van der Waals surface area contributed by atoms with Crippen LogP contribution in [0.15, 0.2) is 23.8 Å². The molecule has 1 N–H and O–H groups in total. The Hall–Kier alpha value is 6.91. The molecule has 0 bridgehead atoms. The van der Waals surface area contributed by atoms with Gasteiger partial charge in [-0.05, 0) is 13.3 Å². The van der Waals surface area contributed by atoms with E-state index in [0.29, 0.717) is 0 Å². The summed E-state index contributed by atoms with van der Waals surface area (Å²) in [7, 11) is 0. The third-order valence-electron chi connectivity index (χ3n) is 2.05. The minimum absolute atomic E-state index is 0. The minimum atomic E-state index is 0. The van der Waals surface area contributed by atoms with Crippen LogP contribution >= 0.6 is 0 Å². The molecule has 0 aliphatic carbocycles. The first-order valence-electron chi connectivity index (χ1n) is 5.67. The number of aliphatic hydroxyl groups excluding tert-OH is 1. The van der Waals surface area contributed by atoms with E-state index in [1.54, 1.807) is 0 Å². The maximum absolute atomic E-state index is 8.65. The molecule has 0 saturated heterocycles. The summed E-state index contributed by atoms with van der Waals surface area (Å²) in [6.45, 7) is 4.28. The molecule has 0 aliphatic heterocycles. The van der Waals surface area contributed by atoms with Crippen LogP contribution in [0.4, 0.5) is 0 Å². The van der Waals surface area contributed by atoms with Crippen LogP contribution in [0.2, 0.25) is 0 Å². The molecule has 0 fully saturated rings. The van der Waals surface area contributed by atoms with Crippen molar-refractivity contribution in [1.82, 2.24) is 0 Å². The van der Waals surface area contributed by atoms with Crippen molar-refractivity contribution in [3.8, 4) is 0 Å². The summed E-state index contributed by atoms with van der Waals surface area (Å²) in [5.41, 5.74) is 1.25. The quantitative estimate of drug-likeness (QED) is 0.226. The van der Waals surface area contributed by atoms with Crippen LogP contribution in [0.1, 0.15) is 46.0 Å². The monoisotopic (exact) mass is 829 g/mol. The fraction of sp³-hybridized carbons (Fsp3) is 0.571. The van der Waals surface area contributed by atoms with E-state index in [2.05, 4.69) is 31.2 Å². The molecule has 0 aliphatic rings. The second-order valence-electron chi connectivity index (χ2n) is 3.48. The number of unbranched alkanes of at least 4 members (excludes halogenated alkanes) is 1. The van der Waals surface area contributed by atoms with Gasteiger partial charge in [-0.3, -0.25) is 12.2 Å². The Morgan fingerprint density at radius 3 is 1.82 bits per heavy atom. The number of hydrogen-bond donors (Lipinski definition) is 1. The van der Waals surface area contributed by atoms with Crippen LogP contribution in [0, 0.1) is 12.2 Å². The SMILES string of the molecule is CC[C-]=CCC[C-]=CCC/C(C)=C\CO.[Y].[Y].[Y].[Y].[Y].[Y].[Y]. The first-order valence-corrected chi connectivity index (χ1v) is 5.67. The molecule has 8 heteroatoms. The first kappa shape index (κ1) is 51.5. The maximum Gasteiger partial charge on any atom is 0.0614 e. The van der Waals surface area contributed by atoms with E-state index in [9.17, 15) is 0 Å². The molecule has 7 radical (unpaired) electrons. The molecule has 0 aromatic carbocycles. The van der Waals surface area contributed by atoms with Crippen LogP contribution in [0.25, 0.3) is 0 Å². The molecule has 0 saturated carbocycles. The molecule has 0 aromatic rings. The van der Waals surface area contributed by atoms with Gasteiger partial charge in [0.05, 0.1) is 6.61 Å². The summed E-state index contributed by atoms with van der Waals surface area (Å²) in [6, 6.07) is 0. The van der Waals surface area contributed by atoms with Crippen molar-refractivity contribution in [3.63, 3.8) is 0 Å². The van der Waals surface area contributed by atoms with Gasteiger partial charge in [0, 0.05) is 229 Å². The van der Waals surface area contributed by atoms with Gasteiger partial charge < -0.3 is 17.3 Å². The van der Waals surface area contributed by atoms with Crippen molar-refractivity contribution >= 4 is 0 Å². The van der Waals surface area contributed by atoms with Crippen molar-refractivity contribution in [2.45, 2.75) is 46.0 Å². The Morgan fingerprint density at radius 1 is 0.864 bits per heavy atom. The summed E-state index contributed by atoms with van der Waals surface area (Å²) < 4.78 is 0. The third kappa shape index (κ3) is 45.6. The van der Waals surface area contributed by atoms with E-state index in [0.717, 1.165) is 32.1 Å². The molecule has 0 rings (SSSR count). The molecule has 22 heavy (non-hydrogen) atoms. The van der Waals surface area contributed by atoms with Gasteiger partial charge in [0.2, 0.25) is 0 Å². The summed E-state index contributed by atoms with van der Waals surface area (Å²) in [5.74, 6) is 0. The Kier molecular flexibility index (Phi) is 108. The predicted molar refractivity (Wildman–Crippen MR) is 65.2 cm³/mol. The smallest absolute Gasteiger partial charge is 0.0614 e. The van der Waals surface area contributed by atoms with Gasteiger partial charge in [-0.25, -0.2) is 0 Å². The van der Waals surface area contributed by atoms with Crippen molar-refractivity contribution in [2.75, 3.05) is 6.61 Å². The summed E-state index contributed by atoms with van der Waals surface area (Å²) in [4.78, 5) is 0. The standard InChI is InChI=1S/C14H22O.7Y/c1-3-4-5-6-7-8-9-10-11-14(2)12-13-15;;;;;;;/h5,9,12,15H,3,6-7,10-11,13H2,1-2H3;;;;;;;/q-2;;;;;;;/b14-12-;;;;;;;. The normalized spacial score (nSPS) is 8.95. The number of rotatable bonds is 8. The van der Waals surface area contributed by atoms with E-state index >= 15 is 0 Å². The fourth-order valence-corrected chi connectivity index (χ4v) is 1.16. The zero-order chi connectivity index (χ0) is 11.4. The van der Waals surface area contributed by atoms with Crippen LogP contribution in [0.5, 0.6) is 0 Å². The average Bonchev–Trinajstić information content (AvgIpc) is 2.22. The Labute approximate surface area is 314 Å². The second-order valence-corrected chi connectivity index (χ2v) is 3.48. The Balaban J connectivity index is -0.0000000467. The van der Waals surface area contributed by atoms with Crippen LogP contribution < -0.4 is 0 Å². The van der Waals surface area contributed by atoms with E-state index in [1.165, 1.54) is 5.57 Å². The summed E-state index contributed by atoms with van der Waals surface area (Å²) in [5, 5.41) is 8.65. The fourth-order valence-electron chi connectivity index (χ4n) is 1.16. The van der Waals surface area contributed by atoms with Crippen molar-refractivity contribution in [2.24, 2.45) is 0 Å². The van der Waals surface area contributed by atoms with Crippen LogP contribution in [-0.2, 0) is 229 Å². The second kappa shape index (κ2) is 46.2. The number of allylic oxidation sites excluding steroid dienone is 5. The average molecular weight is 829 g/mol. The molecular formula is C14H22OY7-2. The Morgan fingerprint density at radius 2 is 1.36 bits per heavy atom. The van der Waals surface area contributed by atoms with E-state index < -0.39 is 0 Å². The minimum Gasteiger partial charge on any atom is -0.501 e. The number of hydrogen-bond acceptors (Lipinski definition) is 1. The van der Waals surface area contributed by atoms with E-state index in [1.807, 2.05) is 13.0 Å². The van der Waals surface area contributed by atoms with Crippen LogP contribution in [0.3, 0.4) is 0 Å². The van der Waals surface area contributed by atoms with E-state index in [-0.39, 0.29) is 236 Å². The van der Waals surface area contributed by atoms with Gasteiger partial charge >= 0.3 is 0 Å². The summed E-state index contributed by atoms with van der Waals surface area (Å²) >= 11 is 0. The molecule has 0 atom stereocenters. The molecule has 0 heterocycles. The molecule has 0 unspecified atom stereocenters. The molecule has 107 valence electrons. The van der Waals surface area contributed by atoms with Gasteiger partial charge in [0.15, 0.2) is 0 Å². The van der Waals surface area contributed by atoms with Crippen molar-refractivity contribution in [1.29, 1.82) is 0 Å². The van der Waals surface area contributed by atoms with Gasteiger partial charge in [0.25, 0.3) is 0 Å². The van der Waals surface area contributed by atoms with Crippen molar-refractivity contribution in [3.05, 3.63) is 36.0 Å². The molecule has 1 nitrogen and oxygen atoms in total. The zero-order valence-electron chi connectivity index (χ0n) is 14.0. The topological polar surface area (TPSA) is 20.2 Å². The maximum atomic E-state index is 8.65. The molecule has 0 amide bonds. The molecule has 0 aromatic heterocycles. The number of aliphatic hydroxyl groups is 1. The van der Waals surface area contributed by atoms with Gasteiger partial charge in [0.1, 0.15) is 0 Å². The molecular weight excluding hydrogens is 806 g/mol. The van der Waals surface area contributed by atoms with E-state index in [4.69, 9.17) is 5.11 Å². The molecule has 0 spiro atoms. The van der Waals surface area contributed by atoms with Gasteiger partial charge in [-0.2, -0.15) is 12.8 Å². The zero-order valence-corrected chi connectivity index (χ0v) is 33.8. The first-order chi connectivity index (χ1) is 7.31. The Bertz CT molecular complexity index is 231. The van der Waals surface area contributed by atoms with Crippen molar-refractivity contribution < 1.29 is 234 Å². The predicted octanol–water partition coefficient (Wildman–Crippen LogP) is 3.60. The largest absolute Gasteiger partial charge is 0.501 e. The van der Waals surface area contributed by atoms with Gasteiger partial charge in [-0.1, -0.05) is 31.4 Å². The van der Waals surface area contributed by atoms with Gasteiger partial charge in [-0.15, -0.1) is 0 Å². The van der Waals surface area contributed by atoms with Crippen LogP contribution in [-0.4, -0.2) is 11.7 Å².